The summed E-state index contributed by atoms with van der Waals surface area (Å²) in [5.74, 6) is -0.739. The molecule has 8 heteroatoms. The molecular formula is C12H6Cl2FN5. The number of nitrogens with zero attached hydrogens (tertiary/aromatic N) is 5. The molecule has 0 aliphatic rings. The number of rotatable bonds is 3. The van der Waals surface area contributed by atoms with Gasteiger partial charge in [0, 0.05) is 22.9 Å². The van der Waals surface area contributed by atoms with Crippen molar-refractivity contribution in [3.63, 3.8) is 0 Å². The molecule has 0 radical (unpaired) electrons. The van der Waals surface area contributed by atoms with Crippen molar-refractivity contribution in [3.8, 4) is 0 Å². The lowest BCUT2D eigenvalue weighted by Gasteiger charge is -2.02. The first-order valence-electron chi connectivity index (χ1n) is 5.30. The van der Waals surface area contributed by atoms with E-state index in [1.807, 2.05) is 0 Å². The van der Waals surface area contributed by atoms with Crippen LogP contribution in [0.2, 0.25) is 10.0 Å². The SMILES string of the molecule is [N-]=[N+]=Nc1c(F)cncc1C=Nc1c(Cl)cccc1Cl. The lowest BCUT2D eigenvalue weighted by molar-refractivity contribution is 0.623. The molecule has 0 aliphatic carbocycles. The van der Waals surface area contributed by atoms with Crippen molar-refractivity contribution in [1.29, 1.82) is 0 Å². The molecule has 1 aromatic heterocycles. The maximum Gasteiger partial charge on any atom is 0.151 e. The highest BCUT2D eigenvalue weighted by Gasteiger charge is 2.07. The second kappa shape index (κ2) is 6.34. The van der Waals surface area contributed by atoms with Gasteiger partial charge in [0.15, 0.2) is 5.82 Å². The molecule has 2 rings (SSSR count). The van der Waals surface area contributed by atoms with E-state index < -0.39 is 5.82 Å². The molecule has 0 unspecified atom stereocenters. The van der Waals surface area contributed by atoms with E-state index >= 15 is 0 Å². The van der Waals surface area contributed by atoms with Gasteiger partial charge in [-0.1, -0.05) is 34.4 Å². The van der Waals surface area contributed by atoms with Crippen molar-refractivity contribution in [1.82, 2.24) is 4.98 Å². The molecule has 0 atom stereocenters. The first kappa shape index (κ1) is 14.3. The average Bonchev–Trinajstić information content (AvgIpc) is 2.42. The number of aromatic nitrogens is 1. The van der Waals surface area contributed by atoms with Crippen LogP contribution in [-0.4, -0.2) is 11.2 Å². The maximum atomic E-state index is 13.5. The smallest absolute Gasteiger partial charge is 0.151 e. The van der Waals surface area contributed by atoms with Gasteiger partial charge in [-0.15, -0.1) is 0 Å². The summed E-state index contributed by atoms with van der Waals surface area (Å²) in [6.07, 6.45) is 3.55. The van der Waals surface area contributed by atoms with Gasteiger partial charge in [0.1, 0.15) is 5.69 Å². The number of hydrogen-bond donors (Lipinski definition) is 0. The van der Waals surface area contributed by atoms with Crippen LogP contribution in [-0.2, 0) is 0 Å². The van der Waals surface area contributed by atoms with Crippen molar-refractivity contribution < 1.29 is 4.39 Å². The van der Waals surface area contributed by atoms with Crippen molar-refractivity contribution in [2.45, 2.75) is 0 Å². The molecule has 0 spiro atoms. The quantitative estimate of drug-likeness (QED) is 0.331. The Kier molecular flexibility index (Phi) is 4.53. The fourth-order valence-electron chi connectivity index (χ4n) is 1.43. The van der Waals surface area contributed by atoms with Gasteiger partial charge in [-0.3, -0.25) is 9.98 Å². The van der Waals surface area contributed by atoms with E-state index in [0.29, 0.717) is 15.7 Å². The first-order chi connectivity index (χ1) is 9.63. The third-order valence-corrected chi connectivity index (χ3v) is 2.93. The van der Waals surface area contributed by atoms with Gasteiger partial charge in [0.05, 0.1) is 21.9 Å². The van der Waals surface area contributed by atoms with Crippen LogP contribution >= 0.6 is 23.2 Å². The van der Waals surface area contributed by atoms with Crippen LogP contribution in [0, 0.1) is 5.82 Å². The van der Waals surface area contributed by atoms with Crippen LogP contribution in [0.3, 0.4) is 0 Å². The summed E-state index contributed by atoms with van der Waals surface area (Å²) in [4.78, 5) is 10.3. The number of pyridine rings is 1. The fourth-order valence-corrected chi connectivity index (χ4v) is 1.93. The summed E-state index contributed by atoms with van der Waals surface area (Å²) in [5, 5.41) is 3.97. The molecule has 0 amide bonds. The Morgan fingerprint density at radius 3 is 2.55 bits per heavy atom. The van der Waals surface area contributed by atoms with E-state index in [0.717, 1.165) is 6.20 Å². The minimum Gasteiger partial charge on any atom is -0.261 e. The fraction of sp³-hybridized carbons (Fsp3) is 0. The second-order valence-electron chi connectivity index (χ2n) is 3.58. The molecule has 2 aromatic rings. The Labute approximate surface area is 123 Å². The predicted molar refractivity (Wildman–Crippen MR) is 76.7 cm³/mol. The Morgan fingerprint density at radius 1 is 1.20 bits per heavy atom. The largest absolute Gasteiger partial charge is 0.261 e. The Balaban J connectivity index is 2.47. The number of hydrogen-bond acceptors (Lipinski definition) is 3. The summed E-state index contributed by atoms with van der Waals surface area (Å²) in [5.41, 5.74) is 8.80. The normalized spacial score (nSPS) is 10.6. The molecule has 0 N–H and O–H groups in total. The van der Waals surface area contributed by atoms with Gasteiger partial charge in [-0.05, 0) is 17.7 Å². The maximum absolute atomic E-state index is 13.5. The van der Waals surface area contributed by atoms with Crippen LogP contribution in [0.4, 0.5) is 15.8 Å². The molecule has 1 aromatic carbocycles. The van der Waals surface area contributed by atoms with Gasteiger partial charge in [0.2, 0.25) is 0 Å². The molecule has 20 heavy (non-hydrogen) atoms. The molecule has 0 saturated carbocycles. The van der Waals surface area contributed by atoms with Crippen LogP contribution in [0.25, 0.3) is 10.4 Å². The van der Waals surface area contributed by atoms with Crippen molar-refractivity contribution in [3.05, 3.63) is 62.5 Å². The summed E-state index contributed by atoms with van der Waals surface area (Å²) in [7, 11) is 0. The van der Waals surface area contributed by atoms with E-state index in [1.165, 1.54) is 12.4 Å². The van der Waals surface area contributed by atoms with Crippen molar-refractivity contribution in [2.24, 2.45) is 10.1 Å². The van der Waals surface area contributed by atoms with E-state index in [2.05, 4.69) is 20.0 Å². The molecule has 1 heterocycles. The summed E-state index contributed by atoms with van der Waals surface area (Å²) < 4.78 is 13.5. The number of halogens is 3. The van der Waals surface area contributed by atoms with Gasteiger partial charge in [0.25, 0.3) is 0 Å². The van der Waals surface area contributed by atoms with Gasteiger partial charge in [-0.2, -0.15) is 0 Å². The highest BCUT2D eigenvalue weighted by atomic mass is 35.5. The standard InChI is InChI=1S/C12H6Cl2FN5/c13-8-2-1-3-9(14)12(8)18-5-7-4-17-6-10(15)11(7)19-20-16/h1-6H. The Hall–Kier alpha value is -2.14. The molecule has 0 fully saturated rings. The zero-order valence-corrected chi connectivity index (χ0v) is 11.3. The highest BCUT2D eigenvalue weighted by molar-refractivity contribution is 6.38. The van der Waals surface area contributed by atoms with Gasteiger partial charge in [-0.25, -0.2) is 4.39 Å². The zero-order valence-electron chi connectivity index (χ0n) is 9.83. The van der Waals surface area contributed by atoms with Gasteiger partial charge < -0.3 is 0 Å². The van der Waals surface area contributed by atoms with E-state index in [4.69, 9.17) is 28.7 Å². The Morgan fingerprint density at radius 2 is 1.90 bits per heavy atom. The summed E-state index contributed by atoms with van der Waals surface area (Å²) in [6, 6.07) is 4.93. The lowest BCUT2D eigenvalue weighted by atomic mass is 10.2. The molecule has 100 valence electrons. The molecule has 0 aliphatic heterocycles. The second-order valence-corrected chi connectivity index (χ2v) is 4.39. The van der Waals surface area contributed by atoms with Gasteiger partial charge >= 0.3 is 0 Å². The van der Waals surface area contributed by atoms with Crippen molar-refractivity contribution in [2.75, 3.05) is 0 Å². The lowest BCUT2D eigenvalue weighted by Crippen LogP contribution is -1.88. The van der Waals surface area contributed by atoms with Crippen molar-refractivity contribution >= 4 is 40.8 Å². The number of para-hydroxylation sites is 1. The topological polar surface area (TPSA) is 74.0 Å². The Bertz CT molecular complexity index is 706. The van der Waals surface area contributed by atoms with Crippen LogP contribution in [0.1, 0.15) is 5.56 Å². The molecule has 0 bridgehead atoms. The minimum atomic E-state index is -0.739. The monoisotopic (exact) mass is 309 g/mol. The van der Waals surface area contributed by atoms with Crippen LogP contribution in [0.5, 0.6) is 0 Å². The third-order valence-electron chi connectivity index (χ3n) is 2.32. The molecule has 0 saturated heterocycles. The summed E-state index contributed by atoms with van der Waals surface area (Å²) in [6.45, 7) is 0. The minimum absolute atomic E-state index is 0.186. The van der Waals surface area contributed by atoms with Crippen LogP contribution < -0.4 is 0 Å². The predicted octanol–water partition coefficient (Wildman–Crippen LogP) is 5.22. The third kappa shape index (κ3) is 3.05. The number of benzene rings is 1. The first-order valence-corrected chi connectivity index (χ1v) is 6.05. The highest BCUT2D eigenvalue weighted by Crippen LogP contribution is 2.33. The average molecular weight is 310 g/mol. The summed E-state index contributed by atoms with van der Waals surface area (Å²) >= 11 is 11.9. The zero-order chi connectivity index (χ0) is 14.5. The van der Waals surface area contributed by atoms with E-state index in [-0.39, 0.29) is 11.3 Å². The number of azide groups is 1. The number of aliphatic imine (C=N–C) groups is 1. The van der Waals surface area contributed by atoms with E-state index in [9.17, 15) is 4.39 Å². The molecule has 5 nitrogen and oxygen atoms in total. The van der Waals surface area contributed by atoms with E-state index in [1.54, 1.807) is 18.2 Å². The molecular weight excluding hydrogens is 304 g/mol. The van der Waals surface area contributed by atoms with Crippen LogP contribution in [0.15, 0.2) is 40.7 Å².